The Balaban J connectivity index is 2.93. The standard InChI is InChI=1S/C17H40O4Si3/c1-13-14(2)16(20-23(6,7)8)17(21-24(9,10)11)19-15(13)12-18-22(3,4)5/h13-17H,12H2,1-11H3/t13-,14+,15?,16?,17?/m1/s1. The maximum absolute atomic E-state index is 6.49. The fraction of sp³-hybridized carbons (Fsp3) is 1.00. The lowest BCUT2D eigenvalue weighted by Crippen LogP contribution is -2.57. The van der Waals surface area contributed by atoms with Crippen molar-refractivity contribution in [3.8, 4) is 0 Å². The van der Waals surface area contributed by atoms with Crippen LogP contribution in [-0.4, -0.2) is 50.1 Å². The molecule has 3 unspecified atom stereocenters. The van der Waals surface area contributed by atoms with Crippen LogP contribution < -0.4 is 0 Å². The zero-order valence-electron chi connectivity index (χ0n) is 17.7. The summed E-state index contributed by atoms with van der Waals surface area (Å²) in [7, 11) is -4.95. The van der Waals surface area contributed by atoms with Crippen LogP contribution in [0.5, 0.6) is 0 Å². The molecule has 7 heteroatoms. The molecule has 1 aliphatic heterocycles. The second-order valence-electron chi connectivity index (χ2n) is 10.1. The van der Waals surface area contributed by atoms with E-state index < -0.39 is 25.0 Å². The van der Waals surface area contributed by atoms with Crippen molar-refractivity contribution in [2.45, 2.75) is 91.3 Å². The molecule has 1 fully saturated rings. The predicted octanol–water partition coefficient (Wildman–Crippen LogP) is 4.91. The molecular weight excluding hydrogens is 352 g/mol. The first-order valence-electron chi connectivity index (χ1n) is 9.24. The van der Waals surface area contributed by atoms with E-state index in [2.05, 4.69) is 72.8 Å². The molecule has 0 aromatic carbocycles. The van der Waals surface area contributed by atoms with E-state index in [9.17, 15) is 0 Å². The fourth-order valence-electron chi connectivity index (χ4n) is 2.80. The van der Waals surface area contributed by atoms with E-state index in [1.807, 2.05) is 0 Å². The van der Waals surface area contributed by atoms with Crippen molar-refractivity contribution >= 4 is 25.0 Å². The summed E-state index contributed by atoms with van der Waals surface area (Å²) in [6, 6.07) is 0. The molecule has 5 atom stereocenters. The van der Waals surface area contributed by atoms with Gasteiger partial charge in [-0.1, -0.05) is 13.8 Å². The lowest BCUT2D eigenvalue weighted by Gasteiger charge is -2.48. The Hall–Kier alpha value is 0.491. The number of hydrogen-bond donors (Lipinski definition) is 0. The summed E-state index contributed by atoms with van der Waals surface area (Å²) in [5.74, 6) is 0.784. The minimum atomic E-state index is -1.72. The van der Waals surface area contributed by atoms with Crippen molar-refractivity contribution in [1.82, 2.24) is 0 Å². The first kappa shape index (κ1) is 22.5. The van der Waals surface area contributed by atoms with Crippen molar-refractivity contribution in [1.29, 1.82) is 0 Å². The van der Waals surface area contributed by atoms with E-state index in [1.165, 1.54) is 0 Å². The quantitative estimate of drug-likeness (QED) is 0.577. The summed E-state index contributed by atoms with van der Waals surface area (Å²) in [6.07, 6.45) is -0.180. The number of ether oxygens (including phenoxy) is 1. The van der Waals surface area contributed by atoms with Crippen molar-refractivity contribution in [3.63, 3.8) is 0 Å². The first-order valence-corrected chi connectivity index (χ1v) is 19.5. The van der Waals surface area contributed by atoms with Crippen LogP contribution in [0.3, 0.4) is 0 Å². The van der Waals surface area contributed by atoms with Crippen LogP contribution in [0.2, 0.25) is 58.9 Å². The van der Waals surface area contributed by atoms with E-state index in [4.69, 9.17) is 18.0 Å². The molecule has 1 saturated heterocycles. The van der Waals surface area contributed by atoms with Gasteiger partial charge in [-0.2, -0.15) is 0 Å². The molecule has 1 aliphatic rings. The van der Waals surface area contributed by atoms with Gasteiger partial charge >= 0.3 is 0 Å². The lowest BCUT2D eigenvalue weighted by molar-refractivity contribution is -0.241. The van der Waals surface area contributed by atoms with Gasteiger partial charge in [0.1, 0.15) is 0 Å². The van der Waals surface area contributed by atoms with Crippen LogP contribution in [0.15, 0.2) is 0 Å². The Labute approximate surface area is 153 Å². The van der Waals surface area contributed by atoms with Gasteiger partial charge in [0.15, 0.2) is 31.2 Å². The summed E-state index contributed by atoms with van der Waals surface area (Å²) in [5, 5.41) is 0. The fourth-order valence-corrected chi connectivity index (χ4v) is 5.49. The predicted molar refractivity (Wildman–Crippen MR) is 109 cm³/mol. The molecule has 0 N–H and O–H groups in total. The molecule has 0 amide bonds. The third-order valence-electron chi connectivity index (χ3n) is 4.15. The highest BCUT2D eigenvalue weighted by Crippen LogP contribution is 2.36. The Morgan fingerprint density at radius 3 is 1.62 bits per heavy atom. The third kappa shape index (κ3) is 7.80. The highest BCUT2D eigenvalue weighted by molar-refractivity contribution is 6.70. The smallest absolute Gasteiger partial charge is 0.187 e. The van der Waals surface area contributed by atoms with Crippen LogP contribution in [0.4, 0.5) is 0 Å². The summed E-state index contributed by atoms with van der Waals surface area (Å²) in [6.45, 7) is 25.2. The van der Waals surface area contributed by atoms with Crippen LogP contribution in [0.1, 0.15) is 13.8 Å². The first-order chi connectivity index (χ1) is 10.6. The minimum Gasteiger partial charge on any atom is -0.415 e. The molecule has 0 spiro atoms. The van der Waals surface area contributed by atoms with Gasteiger partial charge in [0.2, 0.25) is 0 Å². The van der Waals surface area contributed by atoms with Gasteiger partial charge < -0.3 is 18.0 Å². The van der Waals surface area contributed by atoms with Gasteiger partial charge in [-0.3, -0.25) is 0 Å². The maximum atomic E-state index is 6.49. The van der Waals surface area contributed by atoms with E-state index >= 15 is 0 Å². The molecule has 144 valence electrons. The molecule has 0 saturated carbocycles. The van der Waals surface area contributed by atoms with E-state index in [1.54, 1.807) is 0 Å². The summed E-state index contributed by atoms with van der Waals surface area (Å²) in [4.78, 5) is 0. The van der Waals surface area contributed by atoms with Gasteiger partial charge in [0.05, 0.1) is 18.8 Å². The van der Waals surface area contributed by atoms with Gasteiger partial charge in [-0.15, -0.1) is 0 Å². The van der Waals surface area contributed by atoms with Gasteiger partial charge in [-0.05, 0) is 70.8 Å². The summed E-state index contributed by atoms with van der Waals surface area (Å²) < 4.78 is 25.4. The van der Waals surface area contributed by atoms with Crippen LogP contribution >= 0.6 is 0 Å². The second kappa shape index (κ2) is 8.02. The minimum absolute atomic E-state index is 0.0153. The molecule has 24 heavy (non-hydrogen) atoms. The SMILES string of the molecule is C[C@@H]1C(O[Si](C)(C)C)C(O[Si](C)(C)C)OC(CO[Si](C)(C)C)[C@@H]1C. The Kier molecular flexibility index (Phi) is 7.53. The molecule has 1 rings (SSSR count). The van der Waals surface area contributed by atoms with E-state index in [-0.39, 0.29) is 18.5 Å². The number of hydrogen-bond acceptors (Lipinski definition) is 4. The van der Waals surface area contributed by atoms with Crippen molar-refractivity contribution in [2.75, 3.05) is 6.61 Å². The highest BCUT2D eigenvalue weighted by atomic mass is 28.4. The highest BCUT2D eigenvalue weighted by Gasteiger charge is 2.45. The van der Waals surface area contributed by atoms with Crippen molar-refractivity contribution in [2.24, 2.45) is 11.8 Å². The van der Waals surface area contributed by atoms with Gasteiger partial charge in [0, 0.05) is 0 Å². The molecule has 0 aromatic rings. The van der Waals surface area contributed by atoms with Crippen LogP contribution in [-0.2, 0) is 18.0 Å². The topological polar surface area (TPSA) is 36.9 Å². The van der Waals surface area contributed by atoms with E-state index in [0.29, 0.717) is 18.4 Å². The van der Waals surface area contributed by atoms with Gasteiger partial charge in [0.25, 0.3) is 0 Å². The van der Waals surface area contributed by atoms with Crippen LogP contribution in [0, 0.1) is 11.8 Å². The van der Waals surface area contributed by atoms with Crippen molar-refractivity contribution < 1.29 is 18.0 Å². The zero-order chi connectivity index (χ0) is 18.9. The largest absolute Gasteiger partial charge is 0.415 e. The molecule has 1 heterocycles. The summed E-state index contributed by atoms with van der Waals surface area (Å²) in [5.41, 5.74) is 0. The Morgan fingerprint density at radius 2 is 1.21 bits per heavy atom. The Bertz CT molecular complexity index is 396. The monoisotopic (exact) mass is 392 g/mol. The summed E-state index contributed by atoms with van der Waals surface area (Å²) >= 11 is 0. The maximum Gasteiger partial charge on any atom is 0.187 e. The third-order valence-corrected chi connectivity index (χ3v) is 7.10. The van der Waals surface area contributed by atoms with Gasteiger partial charge in [-0.25, -0.2) is 0 Å². The molecular formula is C17H40O4Si3. The molecule has 0 aromatic heterocycles. The van der Waals surface area contributed by atoms with Crippen molar-refractivity contribution in [3.05, 3.63) is 0 Å². The lowest BCUT2D eigenvalue weighted by atomic mass is 9.84. The molecule has 4 nitrogen and oxygen atoms in total. The Morgan fingerprint density at radius 1 is 0.708 bits per heavy atom. The average Bonchev–Trinajstić information content (AvgIpc) is 2.33. The molecule has 0 radical (unpaired) electrons. The average molecular weight is 393 g/mol. The normalized spacial score (nSPS) is 32.9. The zero-order valence-corrected chi connectivity index (χ0v) is 20.7. The molecule has 0 bridgehead atoms. The second-order valence-corrected chi connectivity index (χ2v) is 23.5. The number of rotatable bonds is 7. The van der Waals surface area contributed by atoms with E-state index in [0.717, 1.165) is 0 Å². The molecule has 0 aliphatic carbocycles. The van der Waals surface area contributed by atoms with Crippen LogP contribution in [0.25, 0.3) is 0 Å².